The number of hydrogen-bond donors (Lipinski definition) is 0. The van der Waals surface area contributed by atoms with Crippen molar-refractivity contribution in [3.63, 3.8) is 0 Å². The van der Waals surface area contributed by atoms with Crippen LogP contribution in [0.25, 0.3) is 5.57 Å². The first-order valence-electron chi connectivity index (χ1n) is 8.24. The molecule has 2 aliphatic heterocycles. The third-order valence-electron chi connectivity index (χ3n) is 4.54. The number of amides is 1. The molecule has 2 aliphatic rings. The number of fused-ring (bicyclic) bond motifs is 2. The zero-order valence-corrected chi connectivity index (χ0v) is 14.2. The van der Waals surface area contributed by atoms with E-state index in [2.05, 4.69) is 6.08 Å². The van der Waals surface area contributed by atoms with Crippen LogP contribution in [0.3, 0.4) is 0 Å². The lowest BCUT2D eigenvalue weighted by molar-refractivity contribution is 0.0175. The number of rotatable bonds is 1. The molecule has 124 valence electrons. The highest BCUT2D eigenvalue weighted by atomic mass is 19.1. The third-order valence-corrected chi connectivity index (χ3v) is 4.54. The number of carbonyl (C=O) groups is 1. The Balaban J connectivity index is 1.88. The monoisotopic (exact) mass is 317 g/mol. The van der Waals surface area contributed by atoms with E-state index in [1.807, 2.05) is 38.7 Å². The number of aryl methyl sites for hydroxylation is 1. The summed E-state index contributed by atoms with van der Waals surface area (Å²) in [6.45, 7) is 7.56. The van der Waals surface area contributed by atoms with Crippen molar-refractivity contribution in [3.05, 3.63) is 41.2 Å². The maximum atomic E-state index is 14.2. The summed E-state index contributed by atoms with van der Waals surface area (Å²) in [6, 6.07) is 5.29. The quantitative estimate of drug-likeness (QED) is 0.752. The number of benzene rings is 1. The van der Waals surface area contributed by atoms with Crippen LogP contribution in [0.5, 0.6) is 0 Å². The van der Waals surface area contributed by atoms with Crippen molar-refractivity contribution >= 4 is 11.7 Å². The summed E-state index contributed by atoms with van der Waals surface area (Å²) < 4.78 is 19.8. The predicted octanol–water partition coefficient (Wildman–Crippen LogP) is 4.69. The van der Waals surface area contributed by atoms with E-state index in [0.717, 1.165) is 24.0 Å². The maximum Gasteiger partial charge on any atom is 0.411 e. The molecule has 0 spiro atoms. The van der Waals surface area contributed by atoms with Crippen molar-refractivity contribution in [3.8, 4) is 0 Å². The normalized spacial score (nSPS) is 23.7. The zero-order valence-electron chi connectivity index (χ0n) is 14.2. The van der Waals surface area contributed by atoms with Gasteiger partial charge in [0.15, 0.2) is 0 Å². The van der Waals surface area contributed by atoms with E-state index in [1.165, 1.54) is 6.07 Å². The topological polar surface area (TPSA) is 29.5 Å². The summed E-state index contributed by atoms with van der Waals surface area (Å²) in [5.74, 6) is -0.179. The molecule has 0 saturated carbocycles. The second-order valence-corrected chi connectivity index (χ2v) is 7.51. The summed E-state index contributed by atoms with van der Waals surface area (Å²) in [6.07, 6.45) is 4.35. The minimum atomic E-state index is -0.497. The molecule has 3 rings (SSSR count). The molecular formula is C19H24FNO2. The molecule has 23 heavy (non-hydrogen) atoms. The number of hydrogen-bond acceptors (Lipinski definition) is 2. The van der Waals surface area contributed by atoms with Gasteiger partial charge in [0.1, 0.15) is 11.4 Å². The number of carbonyl (C=O) groups excluding carboxylic acids is 1. The van der Waals surface area contributed by atoms with Crippen molar-refractivity contribution in [2.45, 2.75) is 64.6 Å². The zero-order chi connectivity index (χ0) is 16.8. The summed E-state index contributed by atoms with van der Waals surface area (Å²) in [5, 5.41) is 0. The van der Waals surface area contributed by atoms with Crippen LogP contribution in [-0.4, -0.2) is 28.7 Å². The molecule has 0 N–H and O–H groups in total. The van der Waals surface area contributed by atoms with Gasteiger partial charge in [-0.05, 0) is 64.2 Å². The molecule has 1 saturated heterocycles. The minimum Gasteiger partial charge on any atom is -0.444 e. The van der Waals surface area contributed by atoms with Gasteiger partial charge in [-0.25, -0.2) is 9.18 Å². The van der Waals surface area contributed by atoms with Crippen molar-refractivity contribution in [2.75, 3.05) is 0 Å². The van der Waals surface area contributed by atoms with Crippen molar-refractivity contribution in [2.24, 2.45) is 0 Å². The fourth-order valence-electron chi connectivity index (χ4n) is 3.65. The number of halogens is 1. The lowest BCUT2D eigenvalue weighted by atomic mass is 9.91. The molecule has 2 unspecified atom stereocenters. The number of ether oxygens (including phenoxy) is 1. The van der Waals surface area contributed by atoms with Gasteiger partial charge < -0.3 is 4.74 Å². The highest BCUT2D eigenvalue weighted by Gasteiger charge is 2.42. The predicted molar refractivity (Wildman–Crippen MR) is 88.6 cm³/mol. The smallest absolute Gasteiger partial charge is 0.411 e. The third kappa shape index (κ3) is 3.12. The molecular weight excluding hydrogens is 293 g/mol. The first-order valence-corrected chi connectivity index (χ1v) is 8.24. The lowest BCUT2D eigenvalue weighted by Crippen LogP contribution is -2.45. The van der Waals surface area contributed by atoms with E-state index in [9.17, 15) is 9.18 Å². The first-order chi connectivity index (χ1) is 10.8. The van der Waals surface area contributed by atoms with Gasteiger partial charge in [-0.2, -0.15) is 0 Å². The van der Waals surface area contributed by atoms with Gasteiger partial charge in [0.05, 0.1) is 6.04 Å². The fraction of sp³-hybridized carbons (Fsp3) is 0.526. The Morgan fingerprint density at radius 1 is 1.30 bits per heavy atom. The molecule has 2 heterocycles. The van der Waals surface area contributed by atoms with Crippen molar-refractivity contribution in [1.82, 2.24) is 4.90 Å². The van der Waals surface area contributed by atoms with Gasteiger partial charge in [0, 0.05) is 11.6 Å². The lowest BCUT2D eigenvalue weighted by Gasteiger charge is -2.35. The van der Waals surface area contributed by atoms with Crippen LogP contribution in [-0.2, 0) is 4.74 Å². The molecule has 0 aliphatic carbocycles. The molecule has 2 bridgehead atoms. The Hall–Kier alpha value is -1.84. The van der Waals surface area contributed by atoms with E-state index in [-0.39, 0.29) is 24.0 Å². The molecule has 4 heteroatoms. The maximum absolute atomic E-state index is 14.2. The molecule has 3 nitrogen and oxygen atoms in total. The standard InChI is InChI=1S/C19H24FNO2/c1-12-6-5-7-16(20)17(12)13-10-14-8-9-15(11-13)21(14)18(22)23-19(2,3)4/h5-7,10,14-15H,8-9,11H2,1-4H3. The SMILES string of the molecule is Cc1cccc(F)c1C1=CC2CCC(C1)N2C(=O)OC(C)(C)C. The van der Waals surface area contributed by atoms with Gasteiger partial charge in [-0.1, -0.05) is 18.2 Å². The fourth-order valence-corrected chi connectivity index (χ4v) is 3.65. The van der Waals surface area contributed by atoms with Crippen LogP contribution in [0.1, 0.15) is 51.2 Å². The average molecular weight is 317 g/mol. The molecule has 0 radical (unpaired) electrons. The van der Waals surface area contributed by atoms with Gasteiger partial charge in [-0.15, -0.1) is 0 Å². The molecule has 1 fully saturated rings. The van der Waals surface area contributed by atoms with Crippen molar-refractivity contribution < 1.29 is 13.9 Å². The Morgan fingerprint density at radius 3 is 2.65 bits per heavy atom. The molecule has 1 amide bonds. The van der Waals surface area contributed by atoms with Gasteiger partial charge in [-0.3, -0.25) is 4.90 Å². The highest BCUT2D eigenvalue weighted by Crippen LogP contribution is 2.40. The van der Waals surface area contributed by atoms with E-state index >= 15 is 0 Å². The van der Waals surface area contributed by atoms with Crippen LogP contribution in [0.2, 0.25) is 0 Å². The second-order valence-electron chi connectivity index (χ2n) is 7.51. The summed E-state index contributed by atoms with van der Waals surface area (Å²) in [4.78, 5) is 14.3. The Kier molecular flexibility index (Phi) is 3.95. The summed E-state index contributed by atoms with van der Waals surface area (Å²) in [5.41, 5.74) is 2.17. The van der Waals surface area contributed by atoms with E-state index in [0.29, 0.717) is 12.0 Å². The first kappa shape index (κ1) is 16.0. The number of nitrogens with zero attached hydrogens (tertiary/aromatic N) is 1. The van der Waals surface area contributed by atoms with Crippen LogP contribution in [0, 0.1) is 12.7 Å². The summed E-state index contributed by atoms with van der Waals surface area (Å²) in [7, 11) is 0. The average Bonchev–Trinajstić information content (AvgIpc) is 2.68. The Morgan fingerprint density at radius 2 is 2.04 bits per heavy atom. The second kappa shape index (κ2) is 5.66. The van der Waals surface area contributed by atoms with Crippen LogP contribution in [0.15, 0.2) is 24.3 Å². The van der Waals surface area contributed by atoms with Gasteiger partial charge in [0.2, 0.25) is 0 Å². The largest absolute Gasteiger partial charge is 0.444 e. The van der Waals surface area contributed by atoms with E-state index in [1.54, 1.807) is 6.07 Å². The van der Waals surface area contributed by atoms with Crippen molar-refractivity contribution in [1.29, 1.82) is 0 Å². The highest BCUT2D eigenvalue weighted by molar-refractivity contribution is 5.76. The molecule has 1 aromatic carbocycles. The van der Waals surface area contributed by atoms with E-state index < -0.39 is 5.60 Å². The van der Waals surface area contributed by atoms with Crippen LogP contribution in [0.4, 0.5) is 9.18 Å². The van der Waals surface area contributed by atoms with Crippen LogP contribution >= 0.6 is 0 Å². The van der Waals surface area contributed by atoms with Gasteiger partial charge >= 0.3 is 6.09 Å². The Labute approximate surface area is 137 Å². The van der Waals surface area contributed by atoms with Crippen LogP contribution < -0.4 is 0 Å². The molecule has 0 aromatic heterocycles. The minimum absolute atomic E-state index is 0.0117. The van der Waals surface area contributed by atoms with E-state index in [4.69, 9.17) is 4.74 Å². The molecule has 2 atom stereocenters. The molecule has 1 aromatic rings. The van der Waals surface area contributed by atoms with Gasteiger partial charge in [0.25, 0.3) is 0 Å². The summed E-state index contributed by atoms with van der Waals surface area (Å²) >= 11 is 0. The Bertz CT molecular complexity index is 640.